The van der Waals surface area contributed by atoms with E-state index in [1.807, 2.05) is 0 Å². The Bertz CT molecular complexity index is 1300. The molecule has 11 nitrogen and oxygen atoms in total. The molecule has 42 heavy (non-hydrogen) atoms. The number of ether oxygens (including phenoxy) is 4. The SMILES string of the molecule is CC(=O)O[C@H]1[C@H](O)C2=C(C)[C@@H](O)C[C@@]2(C(C)(C)O)[C@@H](OC(=O)c2ccccc2)C2[C@@]1(C)[C@@H](O)C[C@H]1OC[C@@]21OC(C)=O. The summed E-state index contributed by atoms with van der Waals surface area (Å²) >= 11 is 0. The zero-order valence-corrected chi connectivity index (χ0v) is 24.7. The third-order valence-electron chi connectivity index (χ3n) is 10.3. The van der Waals surface area contributed by atoms with Gasteiger partial charge in [-0.2, -0.15) is 0 Å². The van der Waals surface area contributed by atoms with Crippen molar-refractivity contribution in [2.24, 2.45) is 16.7 Å². The number of hydrogen-bond donors (Lipinski definition) is 4. The summed E-state index contributed by atoms with van der Waals surface area (Å²) in [4.78, 5) is 39.0. The molecule has 10 atom stereocenters. The van der Waals surface area contributed by atoms with E-state index in [9.17, 15) is 34.8 Å². The predicted octanol–water partition coefficient (Wildman–Crippen LogP) is 1.44. The van der Waals surface area contributed by atoms with Gasteiger partial charge in [0.25, 0.3) is 0 Å². The lowest BCUT2D eigenvalue weighted by Crippen LogP contribution is -2.79. The molecule has 0 bridgehead atoms. The van der Waals surface area contributed by atoms with Gasteiger partial charge in [-0.3, -0.25) is 9.59 Å². The summed E-state index contributed by atoms with van der Waals surface area (Å²) in [6.07, 6.45) is -7.95. The molecule has 1 heterocycles. The molecular weight excluding hydrogens is 548 g/mol. The van der Waals surface area contributed by atoms with E-state index in [2.05, 4.69) is 0 Å². The van der Waals surface area contributed by atoms with Crippen molar-refractivity contribution in [2.75, 3.05) is 6.61 Å². The fourth-order valence-corrected chi connectivity index (χ4v) is 8.35. The van der Waals surface area contributed by atoms with Gasteiger partial charge in [0.15, 0.2) is 5.60 Å². The molecule has 1 aromatic rings. The molecule has 3 fully saturated rings. The van der Waals surface area contributed by atoms with Crippen LogP contribution in [0.15, 0.2) is 41.5 Å². The van der Waals surface area contributed by atoms with Gasteiger partial charge in [0.1, 0.15) is 24.4 Å². The minimum Gasteiger partial charge on any atom is -0.459 e. The lowest BCUT2D eigenvalue weighted by molar-refractivity contribution is -0.351. The van der Waals surface area contributed by atoms with Crippen molar-refractivity contribution in [1.82, 2.24) is 0 Å². The summed E-state index contributed by atoms with van der Waals surface area (Å²) in [6, 6.07) is 8.18. The van der Waals surface area contributed by atoms with E-state index in [-0.39, 0.29) is 30.6 Å². The van der Waals surface area contributed by atoms with Crippen LogP contribution in [-0.4, -0.2) is 92.8 Å². The summed E-state index contributed by atoms with van der Waals surface area (Å²) in [5.74, 6) is -3.34. The second-order valence-electron chi connectivity index (χ2n) is 13.0. The van der Waals surface area contributed by atoms with Crippen molar-refractivity contribution in [3.05, 3.63) is 47.0 Å². The van der Waals surface area contributed by atoms with E-state index in [0.29, 0.717) is 5.57 Å². The first-order chi connectivity index (χ1) is 19.5. The van der Waals surface area contributed by atoms with E-state index < -0.39 is 82.5 Å². The number of hydrogen-bond acceptors (Lipinski definition) is 11. The Morgan fingerprint density at radius 3 is 2.17 bits per heavy atom. The highest BCUT2D eigenvalue weighted by atomic mass is 16.6. The van der Waals surface area contributed by atoms with Gasteiger partial charge in [0, 0.05) is 25.7 Å². The monoisotopic (exact) mass is 588 g/mol. The summed E-state index contributed by atoms with van der Waals surface area (Å²) in [5.41, 5.74) is -5.86. The number of benzene rings is 1. The van der Waals surface area contributed by atoms with Crippen molar-refractivity contribution in [2.45, 2.75) is 102 Å². The molecule has 5 rings (SSSR count). The molecule has 2 saturated carbocycles. The second-order valence-corrected chi connectivity index (χ2v) is 13.0. The highest BCUT2D eigenvalue weighted by Crippen LogP contribution is 2.68. The van der Waals surface area contributed by atoms with Gasteiger partial charge in [-0.05, 0) is 50.5 Å². The Morgan fingerprint density at radius 1 is 1.00 bits per heavy atom. The van der Waals surface area contributed by atoms with Gasteiger partial charge in [-0.1, -0.05) is 25.1 Å². The molecule has 0 amide bonds. The predicted molar refractivity (Wildman–Crippen MR) is 146 cm³/mol. The average molecular weight is 589 g/mol. The van der Waals surface area contributed by atoms with Crippen LogP contribution in [0.25, 0.3) is 0 Å². The first-order valence-electron chi connectivity index (χ1n) is 14.2. The highest BCUT2D eigenvalue weighted by Gasteiger charge is 2.79. The zero-order chi connectivity index (χ0) is 31.0. The fourth-order valence-electron chi connectivity index (χ4n) is 8.35. The van der Waals surface area contributed by atoms with Crippen LogP contribution in [0.1, 0.15) is 64.7 Å². The van der Waals surface area contributed by atoms with Crippen molar-refractivity contribution in [3.8, 4) is 0 Å². The van der Waals surface area contributed by atoms with E-state index in [1.165, 1.54) is 27.7 Å². The van der Waals surface area contributed by atoms with E-state index >= 15 is 0 Å². The standard InChI is InChI=1S/C31H40O11/c1-15-19(34)13-30(28(4,5)38)22(15)23(36)25(40-16(2)32)29(6)20(35)12-21-31(14-39-21,42-17(3)33)24(29)26(30)41-27(37)18-10-8-7-9-11-18/h7-11,19-21,23-26,34-36,38H,12-14H2,1-6H3/t19-,20-,21+,23+,24?,25-,26-,29+,30-,31-/m0/s1. The van der Waals surface area contributed by atoms with Crippen LogP contribution < -0.4 is 0 Å². The maximum absolute atomic E-state index is 13.8. The van der Waals surface area contributed by atoms with Crippen molar-refractivity contribution < 1.29 is 53.8 Å². The Morgan fingerprint density at radius 2 is 1.64 bits per heavy atom. The van der Waals surface area contributed by atoms with Gasteiger partial charge in [0.05, 0.1) is 41.3 Å². The summed E-state index contributed by atoms with van der Waals surface area (Å²) < 4.78 is 24.1. The van der Waals surface area contributed by atoms with Gasteiger partial charge < -0.3 is 39.4 Å². The number of carbonyl (C=O) groups is 3. The molecule has 0 aromatic heterocycles. The van der Waals surface area contributed by atoms with Gasteiger partial charge in [-0.15, -0.1) is 0 Å². The molecule has 11 heteroatoms. The lowest BCUT2D eigenvalue weighted by Gasteiger charge is -2.65. The molecule has 1 saturated heterocycles. The minimum atomic E-state index is -1.77. The summed E-state index contributed by atoms with van der Waals surface area (Å²) in [6.45, 7) is 8.45. The third-order valence-corrected chi connectivity index (χ3v) is 10.3. The molecule has 1 unspecified atom stereocenters. The topological polar surface area (TPSA) is 169 Å². The van der Waals surface area contributed by atoms with E-state index in [0.717, 1.165) is 0 Å². The van der Waals surface area contributed by atoms with Crippen LogP contribution >= 0.6 is 0 Å². The second kappa shape index (κ2) is 10.1. The van der Waals surface area contributed by atoms with Gasteiger partial charge in [-0.25, -0.2) is 4.79 Å². The maximum atomic E-state index is 13.8. The normalized spacial score (nSPS) is 41.0. The van der Waals surface area contributed by atoms with Crippen LogP contribution in [0.4, 0.5) is 0 Å². The summed E-state index contributed by atoms with van der Waals surface area (Å²) in [5, 5.41) is 47.3. The zero-order valence-electron chi connectivity index (χ0n) is 24.7. The van der Waals surface area contributed by atoms with E-state index in [1.54, 1.807) is 44.2 Å². The lowest BCUT2D eigenvalue weighted by atomic mass is 9.49. The quantitative estimate of drug-likeness (QED) is 0.223. The largest absolute Gasteiger partial charge is 0.459 e. The van der Waals surface area contributed by atoms with Crippen LogP contribution in [0.5, 0.6) is 0 Å². The minimum absolute atomic E-state index is 0.0275. The Labute approximate surface area is 244 Å². The molecule has 230 valence electrons. The Hall–Kier alpha value is -2.83. The molecule has 4 aliphatic rings. The first kappa shape index (κ1) is 30.6. The van der Waals surface area contributed by atoms with Crippen LogP contribution in [0.3, 0.4) is 0 Å². The van der Waals surface area contributed by atoms with Crippen molar-refractivity contribution in [3.63, 3.8) is 0 Å². The maximum Gasteiger partial charge on any atom is 0.338 e. The smallest absolute Gasteiger partial charge is 0.338 e. The van der Waals surface area contributed by atoms with Crippen molar-refractivity contribution in [1.29, 1.82) is 0 Å². The van der Waals surface area contributed by atoms with Crippen LogP contribution in [0, 0.1) is 16.7 Å². The van der Waals surface area contributed by atoms with Gasteiger partial charge in [0.2, 0.25) is 0 Å². The molecular formula is C31H40O11. The molecule has 1 aromatic carbocycles. The van der Waals surface area contributed by atoms with Gasteiger partial charge >= 0.3 is 17.9 Å². The number of rotatable bonds is 5. The third kappa shape index (κ3) is 4.16. The van der Waals surface area contributed by atoms with Crippen LogP contribution in [0.2, 0.25) is 0 Å². The first-order valence-corrected chi connectivity index (χ1v) is 14.2. The van der Waals surface area contributed by atoms with Crippen molar-refractivity contribution >= 4 is 17.9 Å². The molecule has 1 aliphatic heterocycles. The van der Waals surface area contributed by atoms with Crippen LogP contribution in [-0.2, 0) is 28.5 Å². The fraction of sp³-hybridized carbons (Fsp3) is 0.645. The van der Waals surface area contributed by atoms with E-state index in [4.69, 9.17) is 18.9 Å². The number of fused-ring (bicyclic) bond motifs is 4. The molecule has 4 N–H and O–H groups in total. The number of aliphatic hydroxyl groups excluding tert-OH is 3. The Kier molecular flexibility index (Phi) is 7.38. The molecule has 0 radical (unpaired) electrons. The summed E-state index contributed by atoms with van der Waals surface area (Å²) in [7, 11) is 0. The number of esters is 3. The number of carbonyl (C=O) groups excluding carboxylic acids is 3. The number of aliphatic hydroxyl groups is 4. The molecule has 3 aliphatic carbocycles. The molecule has 0 spiro atoms. The average Bonchev–Trinajstić information content (AvgIpc) is 3.15. The Balaban J connectivity index is 1.87. The highest BCUT2D eigenvalue weighted by molar-refractivity contribution is 5.89.